The van der Waals surface area contributed by atoms with Crippen LogP contribution in [0.1, 0.15) is 27.9 Å². The van der Waals surface area contributed by atoms with E-state index >= 15 is 0 Å². The van der Waals surface area contributed by atoms with Crippen molar-refractivity contribution in [3.63, 3.8) is 0 Å². The van der Waals surface area contributed by atoms with Crippen LogP contribution in [-0.4, -0.2) is 27.0 Å². The van der Waals surface area contributed by atoms with Gasteiger partial charge in [-0.05, 0) is 29.3 Å². The van der Waals surface area contributed by atoms with Gasteiger partial charge in [-0.15, -0.1) is 6.42 Å². The Balaban J connectivity index is 1.57. The van der Waals surface area contributed by atoms with Crippen molar-refractivity contribution in [2.24, 2.45) is 0 Å². The van der Waals surface area contributed by atoms with E-state index in [0.717, 1.165) is 33.9 Å². The molecule has 0 spiro atoms. The number of aromatic amines is 1. The van der Waals surface area contributed by atoms with Crippen LogP contribution in [0.15, 0.2) is 49.1 Å². The fourth-order valence-corrected chi connectivity index (χ4v) is 3.11. The van der Waals surface area contributed by atoms with Gasteiger partial charge < -0.3 is 9.72 Å². The molecule has 0 saturated heterocycles. The summed E-state index contributed by atoms with van der Waals surface area (Å²) in [6.07, 6.45) is 14.5. The van der Waals surface area contributed by atoms with E-state index in [4.69, 9.17) is 11.2 Å². The van der Waals surface area contributed by atoms with Crippen LogP contribution in [0.4, 0.5) is 4.39 Å². The zero-order chi connectivity index (χ0) is 19.5. The van der Waals surface area contributed by atoms with E-state index in [1.807, 2.05) is 24.4 Å². The molecular formula is C22H16FN4O. The monoisotopic (exact) mass is 371 g/mol. The third kappa shape index (κ3) is 3.42. The third-order valence-corrected chi connectivity index (χ3v) is 4.40. The lowest BCUT2D eigenvalue weighted by atomic mass is 10.0. The molecule has 4 aromatic heterocycles. The van der Waals surface area contributed by atoms with Crippen molar-refractivity contribution in [2.45, 2.75) is 6.42 Å². The molecule has 5 nitrogen and oxygen atoms in total. The highest BCUT2D eigenvalue weighted by atomic mass is 19.1. The lowest BCUT2D eigenvalue weighted by molar-refractivity contribution is 0.393. The number of rotatable bonds is 5. The number of hydrogen-bond donors (Lipinski definition) is 1. The maximum absolute atomic E-state index is 13.5. The summed E-state index contributed by atoms with van der Waals surface area (Å²) in [6.45, 7) is 0. The minimum Gasteiger partial charge on any atom is -0.481 e. The van der Waals surface area contributed by atoms with Crippen molar-refractivity contribution in [2.75, 3.05) is 7.11 Å². The summed E-state index contributed by atoms with van der Waals surface area (Å²) in [6, 6.07) is 7.04. The van der Waals surface area contributed by atoms with Crippen LogP contribution >= 0.6 is 0 Å². The zero-order valence-corrected chi connectivity index (χ0v) is 15.1. The Bertz CT molecular complexity index is 1180. The van der Waals surface area contributed by atoms with Gasteiger partial charge >= 0.3 is 0 Å². The van der Waals surface area contributed by atoms with Gasteiger partial charge in [0.05, 0.1) is 13.3 Å². The van der Waals surface area contributed by atoms with Gasteiger partial charge in [0, 0.05) is 53.6 Å². The van der Waals surface area contributed by atoms with E-state index < -0.39 is 5.82 Å². The quantitative estimate of drug-likeness (QED) is 0.544. The number of nitrogens with zero attached hydrogens (tertiary/aromatic N) is 3. The smallest absolute Gasteiger partial charge is 0.217 e. The minimum absolute atomic E-state index is 0.348. The molecule has 4 heterocycles. The summed E-state index contributed by atoms with van der Waals surface area (Å²) in [7, 11) is 1.49. The first-order valence-corrected chi connectivity index (χ1v) is 8.58. The SMILES string of the molecule is C#Cc1ccnc2[nH]cc(Cc3ccc([CH]c4cc(F)cnc4OC)nc3)c12. The van der Waals surface area contributed by atoms with Crippen molar-refractivity contribution >= 4 is 11.0 Å². The summed E-state index contributed by atoms with van der Waals surface area (Å²) < 4.78 is 18.6. The maximum atomic E-state index is 13.5. The van der Waals surface area contributed by atoms with Gasteiger partial charge in [-0.1, -0.05) is 12.0 Å². The lowest BCUT2D eigenvalue weighted by Crippen LogP contribution is -1.98. The van der Waals surface area contributed by atoms with Gasteiger partial charge in [0.15, 0.2) is 0 Å². The number of H-pyrrole nitrogens is 1. The molecule has 0 atom stereocenters. The highest BCUT2D eigenvalue weighted by Gasteiger charge is 2.11. The van der Waals surface area contributed by atoms with Crippen molar-refractivity contribution in [1.29, 1.82) is 0 Å². The fourth-order valence-electron chi connectivity index (χ4n) is 3.11. The molecule has 0 saturated carbocycles. The van der Waals surface area contributed by atoms with Gasteiger partial charge in [-0.3, -0.25) is 4.98 Å². The Morgan fingerprint density at radius 1 is 1.21 bits per heavy atom. The average molecular weight is 371 g/mol. The lowest BCUT2D eigenvalue weighted by Gasteiger charge is -2.07. The van der Waals surface area contributed by atoms with Crippen LogP contribution in [-0.2, 0) is 6.42 Å². The first kappa shape index (κ1) is 17.7. The van der Waals surface area contributed by atoms with E-state index in [9.17, 15) is 4.39 Å². The van der Waals surface area contributed by atoms with Crippen molar-refractivity contribution < 1.29 is 9.13 Å². The second kappa shape index (κ2) is 7.49. The van der Waals surface area contributed by atoms with E-state index in [-0.39, 0.29) is 0 Å². The van der Waals surface area contributed by atoms with Crippen molar-refractivity contribution in [3.8, 4) is 18.2 Å². The van der Waals surface area contributed by atoms with Crippen LogP contribution < -0.4 is 4.74 Å². The topological polar surface area (TPSA) is 63.7 Å². The summed E-state index contributed by atoms with van der Waals surface area (Å²) >= 11 is 0. The van der Waals surface area contributed by atoms with Gasteiger partial charge in [0.25, 0.3) is 0 Å². The first-order valence-electron chi connectivity index (χ1n) is 8.58. The van der Waals surface area contributed by atoms with Crippen molar-refractivity contribution in [3.05, 3.63) is 89.2 Å². The molecule has 0 aliphatic rings. The van der Waals surface area contributed by atoms with Crippen LogP contribution in [0.3, 0.4) is 0 Å². The van der Waals surface area contributed by atoms with Crippen LogP contribution in [0.5, 0.6) is 5.88 Å². The number of nitrogens with one attached hydrogen (secondary N) is 1. The molecule has 0 unspecified atom stereocenters. The van der Waals surface area contributed by atoms with Crippen molar-refractivity contribution in [1.82, 2.24) is 19.9 Å². The number of halogens is 1. The molecule has 28 heavy (non-hydrogen) atoms. The predicted molar refractivity (Wildman–Crippen MR) is 104 cm³/mol. The number of hydrogen-bond acceptors (Lipinski definition) is 4. The number of terminal acetylenes is 1. The van der Waals surface area contributed by atoms with Gasteiger partial charge in [0.2, 0.25) is 5.88 Å². The standard InChI is InChI=1S/C22H16FN4O/c1-3-15-6-7-24-21-20(15)17(12-26-21)8-14-4-5-19(25-11-14)10-16-9-18(23)13-27-22(16)28-2/h1,4-7,9-13H,8H2,2H3,(H,24,26). The van der Waals surface area contributed by atoms with Crippen LogP contribution in [0.2, 0.25) is 0 Å². The Hall–Kier alpha value is -3.72. The highest BCUT2D eigenvalue weighted by molar-refractivity contribution is 5.86. The number of pyridine rings is 3. The van der Waals surface area contributed by atoms with Gasteiger partial charge in [-0.25, -0.2) is 14.4 Å². The normalized spacial score (nSPS) is 10.8. The van der Waals surface area contributed by atoms with E-state index in [1.54, 1.807) is 18.8 Å². The molecule has 137 valence electrons. The maximum Gasteiger partial charge on any atom is 0.217 e. The predicted octanol–water partition coefficient (Wildman–Crippen LogP) is 3.67. The third-order valence-electron chi connectivity index (χ3n) is 4.40. The number of aromatic nitrogens is 4. The number of ether oxygens (including phenoxy) is 1. The molecule has 1 N–H and O–H groups in total. The van der Waals surface area contributed by atoms with E-state index in [0.29, 0.717) is 23.6 Å². The molecule has 6 heteroatoms. The molecule has 0 aliphatic carbocycles. The van der Waals surface area contributed by atoms with E-state index in [2.05, 4.69) is 25.9 Å². The Morgan fingerprint density at radius 2 is 2.11 bits per heavy atom. The molecule has 4 aromatic rings. The zero-order valence-electron chi connectivity index (χ0n) is 15.1. The highest BCUT2D eigenvalue weighted by Crippen LogP contribution is 2.24. The number of methoxy groups -OCH3 is 1. The molecule has 0 fully saturated rings. The average Bonchev–Trinajstić information content (AvgIpc) is 3.13. The molecule has 1 radical (unpaired) electrons. The Labute approximate surface area is 161 Å². The second-order valence-corrected chi connectivity index (χ2v) is 6.20. The summed E-state index contributed by atoms with van der Waals surface area (Å²) in [5.74, 6) is 2.62. The largest absolute Gasteiger partial charge is 0.481 e. The summed E-state index contributed by atoms with van der Waals surface area (Å²) in [5.41, 5.74) is 4.88. The van der Waals surface area contributed by atoms with Crippen LogP contribution in [0.25, 0.3) is 11.0 Å². The molecule has 0 bridgehead atoms. The summed E-state index contributed by atoms with van der Waals surface area (Å²) in [4.78, 5) is 15.9. The minimum atomic E-state index is -0.430. The molecular weight excluding hydrogens is 355 g/mol. The fraction of sp³-hybridized carbons (Fsp3) is 0.0909. The molecule has 0 aromatic carbocycles. The van der Waals surface area contributed by atoms with Crippen LogP contribution in [0, 0.1) is 24.6 Å². The Morgan fingerprint density at radius 3 is 2.86 bits per heavy atom. The van der Waals surface area contributed by atoms with E-state index in [1.165, 1.54) is 13.2 Å². The first-order chi connectivity index (χ1) is 13.7. The molecule has 0 aliphatic heterocycles. The number of fused-ring (bicyclic) bond motifs is 1. The Kier molecular flexibility index (Phi) is 4.73. The molecule has 0 amide bonds. The van der Waals surface area contributed by atoms with Gasteiger partial charge in [-0.2, -0.15) is 0 Å². The summed E-state index contributed by atoms with van der Waals surface area (Å²) in [5, 5.41) is 0.955. The molecule has 4 rings (SSSR count). The van der Waals surface area contributed by atoms with Gasteiger partial charge in [0.1, 0.15) is 11.5 Å². The second-order valence-electron chi connectivity index (χ2n) is 6.20.